The Labute approximate surface area is 138 Å². The highest BCUT2D eigenvalue weighted by Gasteiger charge is 2.14. The molecule has 0 spiro atoms. The van der Waals surface area contributed by atoms with Crippen LogP contribution in [-0.2, 0) is 0 Å². The third kappa shape index (κ3) is 2.83. The molecule has 24 heavy (non-hydrogen) atoms. The van der Waals surface area contributed by atoms with Crippen molar-refractivity contribution < 1.29 is 0 Å². The van der Waals surface area contributed by atoms with E-state index in [2.05, 4.69) is 54.5 Å². The van der Waals surface area contributed by atoms with Crippen molar-refractivity contribution >= 4 is 28.4 Å². The zero-order valence-corrected chi connectivity index (χ0v) is 13.4. The van der Waals surface area contributed by atoms with E-state index >= 15 is 0 Å². The summed E-state index contributed by atoms with van der Waals surface area (Å²) in [5.74, 6) is 0.449. The number of anilines is 3. The number of H-pyrrole nitrogens is 2. The Kier molecular flexibility index (Phi) is 3.66. The first-order chi connectivity index (χ1) is 11.7. The fraction of sp³-hybridized carbons (Fsp3) is 0.312. The van der Waals surface area contributed by atoms with E-state index in [0.29, 0.717) is 17.0 Å². The molecule has 0 atom stereocenters. The smallest absolute Gasteiger partial charge is 0.275 e. The van der Waals surface area contributed by atoms with E-state index < -0.39 is 0 Å². The number of likely N-dealkylation sites (N-methyl/N-ethyl adjacent to an activating group) is 1. The van der Waals surface area contributed by atoms with Crippen molar-refractivity contribution in [1.82, 2.24) is 25.1 Å². The number of aromatic nitrogens is 4. The number of fused-ring (bicyclic) bond motifs is 1. The number of hydrogen-bond donors (Lipinski definition) is 3. The molecular weight excluding hydrogens is 306 g/mol. The number of hydrogen-bond acceptors (Lipinski definition) is 6. The molecule has 4 rings (SSSR count). The molecule has 1 aliphatic rings. The van der Waals surface area contributed by atoms with E-state index in [-0.39, 0.29) is 5.56 Å². The first-order valence-electron chi connectivity index (χ1n) is 7.93. The minimum absolute atomic E-state index is 0.215. The Morgan fingerprint density at radius 1 is 1.08 bits per heavy atom. The maximum atomic E-state index is 11.5. The summed E-state index contributed by atoms with van der Waals surface area (Å²) >= 11 is 0. The van der Waals surface area contributed by atoms with Gasteiger partial charge < -0.3 is 15.1 Å². The molecule has 0 aliphatic carbocycles. The van der Waals surface area contributed by atoms with Crippen molar-refractivity contribution in [2.24, 2.45) is 0 Å². The zero-order valence-electron chi connectivity index (χ0n) is 13.4. The molecule has 0 radical (unpaired) electrons. The van der Waals surface area contributed by atoms with Gasteiger partial charge in [-0.1, -0.05) is 0 Å². The molecule has 3 aromatic rings. The van der Waals surface area contributed by atoms with Crippen molar-refractivity contribution in [1.29, 1.82) is 0 Å². The van der Waals surface area contributed by atoms with Crippen molar-refractivity contribution in [3.8, 4) is 0 Å². The highest BCUT2D eigenvalue weighted by Crippen LogP contribution is 2.21. The van der Waals surface area contributed by atoms with Crippen LogP contribution < -0.4 is 15.8 Å². The summed E-state index contributed by atoms with van der Waals surface area (Å²) in [6.45, 7) is 4.26. The molecule has 8 heteroatoms. The number of benzene rings is 1. The van der Waals surface area contributed by atoms with Crippen molar-refractivity contribution in [3.63, 3.8) is 0 Å². The molecule has 0 saturated carbocycles. The van der Waals surface area contributed by atoms with Gasteiger partial charge in [0.25, 0.3) is 5.56 Å². The van der Waals surface area contributed by atoms with Crippen molar-refractivity contribution in [3.05, 3.63) is 40.8 Å². The fourth-order valence-corrected chi connectivity index (χ4v) is 2.84. The van der Waals surface area contributed by atoms with Gasteiger partial charge in [0.1, 0.15) is 5.39 Å². The van der Waals surface area contributed by atoms with Crippen LogP contribution in [0.1, 0.15) is 0 Å². The van der Waals surface area contributed by atoms with E-state index in [0.717, 1.165) is 31.9 Å². The lowest BCUT2D eigenvalue weighted by Crippen LogP contribution is -2.44. The molecular formula is C16H19N7O. The minimum atomic E-state index is -0.215. The Hall–Kier alpha value is -2.87. The van der Waals surface area contributed by atoms with E-state index in [1.165, 1.54) is 11.9 Å². The normalized spacial score (nSPS) is 15.8. The summed E-state index contributed by atoms with van der Waals surface area (Å²) in [5, 5.41) is 8.83. The maximum absolute atomic E-state index is 11.5. The Bertz CT molecular complexity index is 891. The van der Waals surface area contributed by atoms with Gasteiger partial charge in [-0.05, 0) is 31.3 Å². The van der Waals surface area contributed by atoms with Crippen molar-refractivity contribution in [2.45, 2.75) is 0 Å². The molecule has 3 heterocycles. The highest BCUT2D eigenvalue weighted by atomic mass is 16.1. The molecule has 1 saturated heterocycles. The van der Waals surface area contributed by atoms with Gasteiger partial charge in [0.15, 0.2) is 5.65 Å². The predicted octanol–water partition coefficient (Wildman–Crippen LogP) is 1.14. The van der Waals surface area contributed by atoms with Gasteiger partial charge in [0.2, 0.25) is 5.95 Å². The lowest BCUT2D eigenvalue weighted by molar-refractivity contribution is 0.313. The Balaban J connectivity index is 1.49. The highest BCUT2D eigenvalue weighted by molar-refractivity contribution is 5.74. The quantitative estimate of drug-likeness (QED) is 0.669. The van der Waals surface area contributed by atoms with E-state index in [4.69, 9.17) is 0 Å². The largest absolute Gasteiger partial charge is 0.369 e. The van der Waals surface area contributed by atoms with Gasteiger partial charge in [-0.3, -0.25) is 15.0 Å². The summed E-state index contributed by atoms with van der Waals surface area (Å²) in [6.07, 6.45) is 1.51. The Morgan fingerprint density at radius 3 is 2.58 bits per heavy atom. The van der Waals surface area contributed by atoms with E-state index in [1.807, 2.05) is 12.1 Å². The molecule has 0 unspecified atom stereocenters. The molecule has 124 valence electrons. The second kappa shape index (κ2) is 5.97. The first-order valence-corrected chi connectivity index (χ1v) is 7.93. The van der Waals surface area contributed by atoms with Gasteiger partial charge in [0, 0.05) is 43.8 Å². The average Bonchev–Trinajstić information content (AvgIpc) is 2.97. The number of piperazine rings is 1. The second-order valence-corrected chi connectivity index (χ2v) is 6.00. The summed E-state index contributed by atoms with van der Waals surface area (Å²) in [5.41, 5.74) is 2.41. The zero-order chi connectivity index (χ0) is 16.5. The lowest BCUT2D eigenvalue weighted by atomic mass is 10.2. The minimum Gasteiger partial charge on any atom is -0.369 e. The third-order valence-corrected chi connectivity index (χ3v) is 4.32. The van der Waals surface area contributed by atoms with Gasteiger partial charge in [0.05, 0.1) is 0 Å². The standard InChI is InChI=1S/C16H19N7O/c1-22-6-8-23(9-7-22)12-4-2-11(3-5-12)18-16-17-10-13-14(19-16)20-21-15(13)24/h2-5,10H,6-9H2,1H3,(H3,17,18,19,20,21,24). The topological polar surface area (TPSA) is 92.9 Å². The first kappa shape index (κ1) is 14.7. The molecule has 2 aromatic heterocycles. The molecule has 1 fully saturated rings. The van der Waals surface area contributed by atoms with Crippen LogP contribution in [0.15, 0.2) is 35.3 Å². The van der Waals surface area contributed by atoms with Crippen LogP contribution in [0.3, 0.4) is 0 Å². The summed E-state index contributed by atoms with van der Waals surface area (Å²) < 4.78 is 0. The third-order valence-electron chi connectivity index (χ3n) is 4.32. The molecule has 3 N–H and O–H groups in total. The van der Waals surface area contributed by atoms with Crippen LogP contribution in [0.5, 0.6) is 0 Å². The van der Waals surface area contributed by atoms with E-state index in [1.54, 1.807) is 0 Å². The van der Waals surface area contributed by atoms with Crippen LogP contribution in [0.25, 0.3) is 11.0 Å². The summed E-state index contributed by atoms with van der Waals surface area (Å²) in [4.78, 5) is 24.7. The number of nitrogens with zero attached hydrogens (tertiary/aromatic N) is 4. The summed E-state index contributed by atoms with van der Waals surface area (Å²) in [6, 6.07) is 8.23. The molecule has 0 amide bonds. The van der Waals surface area contributed by atoms with Crippen LogP contribution in [0.4, 0.5) is 17.3 Å². The van der Waals surface area contributed by atoms with Crippen LogP contribution >= 0.6 is 0 Å². The van der Waals surface area contributed by atoms with E-state index in [9.17, 15) is 4.79 Å². The molecule has 8 nitrogen and oxygen atoms in total. The van der Waals surface area contributed by atoms with Crippen LogP contribution in [0.2, 0.25) is 0 Å². The van der Waals surface area contributed by atoms with Gasteiger partial charge >= 0.3 is 0 Å². The summed E-state index contributed by atoms with van der Waals surface area (Å²) in [7, 11) is 2.15. The van der Waals surface area contributed by atoms with Crippen molar-refractivity contribution in [2.75, 3.05) is 43.4 Å². The number of rotatable bonds is 3. The Morgan fingerprint density at radius 2 is 1.83 bits per heavy atom. The second-order valence-electron chi connectivity index (χ2n) is 6.00. The van der Waals surface area contributed by atoms with Crippen LogP contribution in [0, 0.1) is 0 Å². The average molecular weight is 325 g/mol. The number of aromatic amines is 2. The monoisotopic (exact) mass is 325 g/mol. The molecule has 0 bridgehead atoms. The molecule has 1 aromatic carbocycles. The van der Waals surface area contributed by atoms with Crippen LogP contribution in [-0.4, -0.2) is 58.3 Å². The van der Waals surface area contributed by atoms with Gasteiger partial charge in [-0.25, -0.2) is 4.98 Å². The molecule has 1 aliphatic heterocycles. The lowest BCUT2D eigenvalue weighted by Gasteiger charge is -2.34. The SMILES string of the molecule is CN1CCN(c2ccc(Nc3ncc4c(=O)[nH][nH]c4n3)cc2)CC1. The maximum Gasteiger partial charge on any atom is 0.275 e. The van der Waals surface area contributed by atoms with Gasteiger partial charge in [-0.2, -0.15) is 4.98 Å². The number of nitrogens with one attached hydrogen (secondary N) is 3. The fourth-order valence-electron chi connectivity index (χ4n) is 2.84. The predicted molar refractivity (Wildman–Crippen MR) is 93.9 cm³/mol. The van der Waals surface area contributed by atoms with Gasteiger partial charge in [-0.15, -0.1) is 0 Å².